The molecule has 1 aliphatic rings. The predicted octanol–water partition coefficient (Wildman–Crippen LogP) is 3.82. The molecule has 1 nitrogen and oxygen atoms in total. The molecule has 1 heterocycles. The molecule has 1 aliphatic heterocycles. The molecule has 0 saturated carbocycles. The Kier molecular flexibility index (Phi) is 2.34. The molecule has 0 aliphatic carbocycles. The zero-order chi connectivity index (χ0) is 11.1. The van der Waals surface area contributed by atoms with Crippen molar-refractivity contribution < 1.29 is 4.74 Å². The first kappa shape index (κ1) is 10.3. The lowest BCUT2D eigenvalue weighted by Gasteiger charge is -2.16. The quantitative estimate of drug-likeness (QED) is 0.672. The summed E-state index contributed by atoms with van der Waals surface area (Å²) in [6.45, 7) is 8.50. The number of rotatable bonds is 1. The first-order chi connectivity index (χ1) is 6.96. The summed E-state index contributed by atoms with van der Waals surface area (Å²) in [5, 5.41) is 0. The van der Waals surface area contributed by atoms with Gasteiger partial charge in [-0.05, 0) is 51.0 Å². The van der Waals surface area contributed by atoms with Gasteiger partial charge < -0.3 is 4.74 Å². The van der Waals surface area contributed by atoms with Gasteiger partial charge in [-0.25, -0.2) is 0 Å². The highest BCUT2D eigenvalue weighted by Crippen LogP contribution is 2.35. The standard InChI is InChI=1S/C14H18O/c1-10(2)7-11-5-6-13-12(8-11)9-14(3,4)15-13/h5-8H,9H2,1-4H3. The van der Waals surface area contributed by atoms with Crippen molar-refractivity contribution in [2.45, 2.75) is 39.7 Å². The molecule has 80 valence electrons. The van der Waals surface area contributed by atoms with E-state index in [1.807, 2.05) is 0 Å². The fourth-order valence-corrected chi connectivity index (χ4v) is 2.05. The zero-order valence-electron chi connectivity index (χ0n) is 9.92. The van der Waals surface area contributed by atoms with E-state index in [2.05, 4.69) is 52.0 Å². The Morgan fingerprint density at radius 1 is 1.33 bits per heavy atom. The average molecular weight is 202 g/mol. The second-order valence-electron chi connectivity index (χ2n) is 5.13. The number of hydrogen-bond donors (Lipinski definition) is 0. The molecule has 0 bridgehead atoms. The third kappa shape index (κ3) is 2.23. The van der Waals surface area contributed by atoms with Crippen LogP contribution in [0.2, 0.25) is 0 Å². The number of ether oxygens (including phenoxy) is 1. The van der Waals surface area contributed by atoms with Crippen LogP contribution in [0.1, 0.15) is 38.8 Å². The summed E-state index contributed by atoms with van der Waals surface area (Å²) < 4.78 is 5.83. The fraction of sp³-hybridized carbons (Fsp3) is 0.429. The lowest BCUT2D eigenvalue weighted by Crippen LogP contribution is -2.24. The summed E-state index contributed by atoms with van der Waals surface area (Å²) in [7, 11) is 0. The molecule has 0 spiro atoms. The molecule has 0 fully saturated rings. The van der Waals surface area contributed by atoms with Crippen LogP contribution in [0.25, 0.3) is 6.08 Å². The minimum absolute atomic E-state index is 0.0358. The minimum atomic E-state index is -0.0358. The van der Waals surface area contributed by atoms with Gasteiger partial charge in [-0.1, -0.05) is 17.7 Å². The van der Waals surface area contributed by atoms with Crippen molar-refractivity contribution in [2.75, 3.05) is 0 Å². The highest BCUT2D eigenvalue weighted by molar-refractivity contribution is 5.56. The van der Waals surface area contributed by atoms with Crippen LogP contribution in [-0.4, -0.2) is 5.60 Å². The fourth-order valence-electron chi connectivity index (χ4n) is 2.05. The number of hydrogen-bond acceptors (Lipinski definition) is 1. The van der Waals surface area contributed by atoms with Crippen molar-refractivity contribution in [1.29, 1.82) is 0 Å². The van der Waals surface area contributed by atoms with Crippen LogP contribution in [0, 0.1) is 0 Å². The lowest BCUT2D eigenvalue weighted by atomic mass is 10.00. The highest BCUT2D eigenvalue weighted by atomic mass is 16.5. The molecule has 0 amide bonds. The summed E-state index contributed by atoms with van der Waals surface area (Å²) in [5.41, 5.74) is 3.89. The smallest absolute Gasteiger partial charge is 0.123 e. The summed E-state index contributed by atoms with van der Waals surface area (Å²) in [5.74, 6) is 1.05. The average Bonchev–Trinajstić information content (AvgIpc) is 2.36. The second kappa shape index (κ2) is 3.41. The molecular formula is C14H18O. The Balaban J connectivity index is 2.34. The molecule has 2 rings (SSSR count). The van der Waals surface area contributed by atoms with E-state index in [1.165, 1.54) is 16.7 Å². The van der Waals surface area contributed by atoms with Crippen molar-refractivity contribution in [3.63, 3.8) is 0 Å². The van der Waals surface area contributed by atoms with E-state index < -0.39 is 0 Å². The SMILES string of the molecule is CC(C)=Cc1ccc2c(c1)CC(C)(C)O2. The molecule has 0 aromatic heterocycles. The predicted molar refractivity (Wildman–Crippen MR) is 64.2 cm³/mol. The van der Waals surface area contributed by atoms with Crippen LogP contribution in [0.15, 0.2) is 23.8 Å². The second-order valence-corrected chi connectivity index (χ2v) is 5.13. The maximum Gasteiger partial charge on any atom is 0.123 e. The van der Waals surface area contributed by atoms with Gasteiger partial charge in [0.25, 0.3) is 0 Å². The lowest BCUT2D eigenvalue weighted by molar-refractivity contribution is 0.138. The van der Waals surface area contributed by atoms with Gasteiger partial charge in [-0.2, -0.15) is 0 Å². The van der Waals surface area contributed by atoms with Crippen LogP contribution in [0.4, 0.5) is 0 Å². The topological polar surface area (TPSA) is 9.23 Å². The minimum Gasteiger partial charge on any atom is -0.487 e. The Labute approximate surface area is 91.8 Å². The van der Waals surface area contributed by atoms with Crippen LogP contribution < -0.4 is 4.74 Å². The maximum atomic E-state index is 5.83. The van der Waals surface area contributed by atoms with E-state index in [4.69, 9.17) is 4.74 Å². The van der Waals surface area contributed by atoms with E-state index in [0.717, 1.165) is 12.2 Å². The molecule has 0 N–H and O–H groups in total. The van der Waals surface area contributed by atoms with E-state index in [0.29, 0.717) is 0 Å². The molecule has 1 aromatic carbocycles. The van der Waals surface area contributed by atoms with Gasteiger partial charge >= 0.3 is 0 Å². The maximum absolute atomic E-state index is 5.83. The largest absolute Gasteiger partial charge is 0.487 e. The van der Waals surface area contributed by atoms with Gasteiger partial charge in [-0.15, -0.1) is 0 Å². The number of allylic oxidation sites excluding steroid dienone is 1. The van der Waals surface area contributed by atoms with Crippen molar-refractivity contribution in [2.24, 2.45) is 0 Å². The number of fused-ring (bicyclic) bond motifs is 1. The molecular weight excluding hydrogens is 184 g/mol. The molecule has 1 heteroatoms. The summed E-state index contributed by atoms with van der Waals surface area (Å²) in [4.78, 5) is 0. The van der Waals surface area contributed by atoms with Crippen molar-refractivity contribution in [1.82, 2.24) is 0 Å². The van der Waals surface area contributed by atoms with Crippen molar-refractivity contribution in [3.05, 3.63) is 34.9 Å². The van der Waals surface area contributed by atoms with Crippen LogP contribution in [0.5, 0.6) is 5.75 Å². The van der Waals surface area contributed by atoms with E-state index in [-0.39, 0.29) is 5.60 Å². The van der Waals surface area contributed by atoms with E-state index in [1.54, 1.807) is 0 Å². The van der Waals surface area contributed by atoms with Gasteiger partial charge in [0.05, 0.1) is 0 Å². The monoisotopic (exact) mass is 202 g/mol. The molecule has 0 unspecified atom stereocenters. The third-order valence-electron chi connectivity index (χ3n) is 2.54. The van der Waals surface area contributed by atoms with Gasteiger partial charge in [0.15, 0.2) is 0 Å². The third-order valence-corrected chi connectivity index (χ3v) is 2.54. The van der Waals surface area contributed by atoms with Crippen LogP contribution >= 0.6 is 0 Å². The van der Waals surface area contributed by atoms with Gasteiger partial charge in [-0.3, -0.25) is 0 Å². The molecule has 1 aromatic rings. The van der Waals surface area contributed by atoms with Crippen LogP contribution in [0.3, 0.4) is 0 Å². The van der Waals surface area contributed by atoms with Crippen LogP contribution in [-0.2, 0) is 6.42 Å². The Morgan fingerprint density at radius 2 is 2.07 bits per heavy atom. The van der Waals surface area contributed by atoms with Gasteiger partial charge in [0, 0.05) is 6.42 Å². The first-order valence-electron chi connectivity index (χ1n) is 5.43. The molecule has 0 atom stereocenters. The van der Waals surface area contributed by atoms with Gasteiger partial charge in [0.2, 0.25) is 0 Å². The normalized spacial score (nSPS) is 16.8. The molecule has 15 heavy (non-hydrogen) atoms. The van der Waals surface area contributed by atoms with Crippen molar-refractivity contribution in [3.8, 4) is 5.75 Å². The Bertz CT molecular complexity index is 409. The summed E-state index contributed by atoms with van der Waals surface area (Å²) >= 11 is 0. The summed E-state index contributed by atoms with van der Waals surface area (Å²) in [6, 6.07) is 6.43. The van der Waals surface area contributed by atoms with Gasteiger partial charge in [0.1, 0.15) is 11.4 Å². The number of benzene rings is 1. The van der Waals surface area contributed by atoms with Crippen molar-refractivity contribution >= 4 is 6.08 Å². The molecule has 0 saturated heterocycles. The van der Waals surface area contributed by atoms with E-state index >= 15 is 0 Å². The Morgan fingerprint density at radius 3 is 2.73 bits per heavy atom. The zero-order valence-corrected chi connectivity index (χ0v) is 9.92. The Hall–Kier alpha value is -1.24. The van der Waals surface area contributed by atoms with E-state index in [9.17, 15) is 0 Å². The summed E-state index contributed by atoms with van der Waals surface area (Å²) in [6.07, 6.45) is 3.21. The first-order valence-corrected chi connectivity index (χ1v) is 5.43. The highest BCUT2D eigenvalue weighted by Gasteiger charge is 2.29. The molecule has 0 radical (unpaired) electrons.